The van der Waals surface area contributed by atoms with Crippen LogP contribution in [-0.2, 0) is 9.59 Å². The molecule has 0 aromatic rings. The molecule has 0 unspecified atom stereocenters. The average molecular weight is 278 g/mol. The minimum atomic E-state index is -4.61. The summed E-state index contributed by atoms with van der Waals surface area (Å²) < 4.78 is 38.2. The molecule has 5 heteroatoms. The molecular formula is C14H21F3O2. The van der Waals surface area contributed by atoms with Gasteiger partial charge in [-0.2, -0.15) is 13.2 Å². The number of carbonyl (C=O) groups excluding carboxylic acids is 2. The maximum atomic E-state index is 12.7. The molecule has 0 spiro atoms. The van der Waals surface area contributed by atoms with Crippen molar-refractivity contribution in [2.75, 3.05) is 0 Å². The number of hydrogen-bond donors (Lipinski definition) is 0. The van der Waals surface area contributed by atoms with Crippen molar-refractivity contribution in [2.24, 2.45) is 10.8 Å². The van der Waals surface area contributed by atoms with Crippen molar-refractivity contribution in [3.8, 4) is 0 Å². The van der Waals surface area contributed by atoms with Crippen molar-refractivity contribution in [1.82, 2.24) is 0 Å². The molecule has 0 aromatic carbocycles. The van der Waals surface area contributed by atoms with Gasteiger partial charge in [0, 0.05) is 5.41 Å². The lowest BCUT2D eigenvalue weighted by atomic mass is 9.70. The van der Waals surface area contributed by atoms with E-state index >= 15 is 0 Å². The van der Waals surface area contributed by atoms with Gasteiger partial charge in [-0.1, -0.05) is 26.2 Å². The minimum absolute atomic E-state index is 0.338. The van der Waals surface area contributed by atoms with E-state index in [1.807, 2.05) is 0 Å². The van der Waals surface area contributed by atoms with Crippen LogP contribution in [0.15, 0.2) is 0 Å². The molecule has 0 N–H and O–H groups in total. The van der Waals surface area contributed by atoms with Crippen molar-refractivity contribution in [1.29, 1.82) is 0 Å². The van der Waals surface area contributed by atoms with Gasteiger partial charge in [0.25, 0.3) is 0 Å². The molecule has 110 valence electrons. The second-order valence-electron chi connectivity index (χ2n) is 6.27. The maximum Gasteiger partial charge on any atom is 0.400 e. The number of ketones is 2. The van der Waals surface area contributed by atoms with E-state index in [1.54, 1.807) is 6.92 Å². The Hall–Kier alpha value is -0.870. The number of alkyl halides is 3. The van der Waals surface area contributed by atoms with Crippen LogP contribution < -0.4 is 0 Å². The van der Waals surface area contributed by atoms with Gasteiger partial charge in [-0.05, 0) is 26.7 Å². The second kappa shape index (κ2) is 5.25. The monoisotopic (exact) mass is 278 g/mol. The van der Waals surface area contributed by atoms with Crippen LogP contribution in [0.5, 0.6) is 0 Å². The predicted octanol–water partition coefficient (Wildman–Crippen LogP) is 4.07. The van der Waals surface area contributed by atoms with E-state index in [0.717, 1.165) is 33.1 Å². The zero-order valence-electron chi connectivity index (χ0n) is 11.7. The zero-order chi connectivity index (χ0) is 14.9. The van der Waals surface area contributed by atoms with Crippen molar-refractivity contribution < 1.29 is 22.8 Å². The molecule has 1 aliphatic rings. The van der Waals surface area contributed by atoms with Crippen LogP contribution in [0.4, 0.5) is 13.2 Å². The lowest BCUT2D eigenvalue weighted by Gasteiger charge is -2.33. The number of halogens is 3. The Morgan fingerprint density at radius 2 is 1.53 bits per heavy atom. The minimum Gasteiger partial charge on any atom is -0.299 e. The van der Waals surface area contributed by atoms with Gasteiger partial charge in [0.05, 0.1) is 6.42 Å². The van der Waals surface area contributed by atoms with Gasteiger partial charge < -0.3 is 0 Å². The van der Waals surface area contributed by atoms with E-state index in [2.05, 4.69) is 0 Å². The molecule has 0 amide bonds. The molecule has 1 rings (SSSR count). The lowest BCUT2D eigenvalue weighted by molar-refractivity contribution is -0.210. The molecule has 0 atom stereocenters. The fraction of sp³-hybridized carbons (Fsp3) is 0.857. The van der Waals surface area contributed by atoms with Crippen LogP contribution in [0.1, 0.15) is 59.3 Å². The molecule has 0 radical (unpaired) electrons. The van der Waals surface area contributed by atoms with Crippen molar-refractivity contribution in [3.63, 3.8) is 0 Å². The second-order valence-corrected chi connectivity index (χ2v) is 6.27. The first-order valence-electron chi connectivity index (χ1n) is 6.64. The number of carbonyl (C=O) groups is 2. The van der Waals surface area contributed by atoms with E-state index in [1.165, 1.54) is 0 Å². The van der Waals surface area contributed by atoms with Gasteiger partial charge >= 0.3 is 6.18 Å². The largest absolute Gasteiger partial charge is 0.400 e. The summed E-state index contributed by atoms with van der Waals surface area (Å²) >= 11 is 0. The SMILES string of the molecule is CC1(C(=O)CC(=O)C(C)(C)C(F)(F)F)CCCCC1. The zero-order valence-corrected chi connectivity index (χ0v) is 11.7. The Morgan fingerprint density at radius 3 is 1.95 bits per heavy atom. The van der Waals surface area contributed by atoms with Crippen molar-refractivity contribution in [3.05, 3.63) is 0 Å². The summed E-state index contributed by atoms with van der Waals surface area (Å²) in [6.07, 6.45) is -1.03. The maximum absolute atomic E-state index is 12.7. The summed E-state index contributed by atoms with van der Waals surface area (Å²) in [6.45, 7) is 3.44. The number of hydrogen-bond acceptors (Lipinski definition) is 2. The molecule has 0 aromatic heterocycles. The van der Waals surface area contributed by atoms with E-state index < -0.39 is 29.2 Å². The fourth-order valence-electron chi connectivity index (χ4n) is 2.35. The molecule has 2 nitrogen and oxygen atoms in total. The first-order chi connectivity index (χ1) is 8.51. The number of Topliss-reactive ketones (excluding diaryl/α,β-unsaturated/α-hetero) is 2. The van der Waals surface area contributed by atoms with Crippen LogP contribution >= 0.6 is 0 Å². The van der Waals surface area contributed by atoms with Crippen molar-refractivity contribution in [2.45, 2.75) is 65.5 Å². The van der Waals surface area contributed by atoms with Gasteiger partial charge in [0.2, 0.25) is 0 Å². The lowest BCUT2D eigenvalue weighted by Crippen LogP contribution is -2.42. The van der Waals surface area contributed by atoms with Gasteiger partial charge in [0.1, 0.15) is 11.2 Å². The van der Waals surface area contributed by atoms with Gasteiger partial charge in [0.15, 0.2) is 5.78 Å². The third-order valence-electron chi connectivity index (χ3n) is 4.36. The average Bonchev–Trinajstić information content (AvgIpc) is 2.28. The Labute approximate surface area is 111 Å². The number of rotatable bonds is 4. The van der Waals surface area contributed by atoms with Crippen LogP contribution in [0.25, 0.3) is 0 Å². The summed E-state index contributed by atoms with van der Waals surface area (Å²) in [5.41, 5.74) is -3.07. The smallest absolute Gasteiger partial charge is 0.299 e. The van der Waals surface area contributed by atoms with E-state index in [-0.39, 0.29) is 5.78 Å². The highest BCUT2D eigenvalue weighted by Gasteiger charge is 2.53. The summed E-state index contributed by atoms with van der Waals surface area (Å²) in [6, 6.07) is 0. The normalized spacial score (nSPS) is 20.1. The highest BCUT2D eigenvalue weighted by molar-refractivity contribution is 6.04. The Kier molecular flexibility index (Phi) is 4.47. The predicted molar refractivity (Wildman–Crippen MR) is 65.7 cm³/mol. The molecule has 1 fully saturated rings. The third kappa shape index (κ3) is 3.37. The van der Waals surface area contributed by atoms with Crippen LogP contribution in [0.2, 0.25) is 0 Å². The summed E-state index contributed by atoms with van der Waals surface area (Å²) in [5.74, 6) is -1.37. The standard InChI is InChI=1S/C14H21F3O2/c1-12(2,14(15,16)17)10(18)9-11(19)13(3)7-5-4-6-8-13/h4-9H2,1-3H3. The summed E-state index contributed by atoms with van der Waals surface area (Å²) in [4.78, 5) is 23.9. The molecule has 19 heavy (non-hydrogen) atoms. The van der Waals surface area contributed by atoms with Gasteiger partial charge in [-0.25, -0.2) is 0 Å². The van der Waals surface area contributed by atoms with E-state index in [4.69, 9.17) is 0 Å². The van der Waals surface area contributed by atoms with Crippen LogP contribution in [0, 0.1) is 10.8 Å². The first kappa shape index (κ1) is 16.2. The Bertz CT molecular complexity index is 363. The van der Waals surface area contributed by atoms with Gasteiger partial charge in [-0.15, -0.1) is 0 Å². The van der Waals surface area contributed by atoms with Crippen LogP contribution in [-0.4, -0.2) is 17.7 Å². The van der Waals surface area contributed by atoms with E-state index in [9.17, 15) is 22.8 Å². The first-order valence-corrected chi connectivity index (χ1v) is 6.64. The fourth-order valence-corrected chi connectivity index (χ4v) is 2.35. The Morgan fingerprint density at radius 1 is 1.05 bits per heavy atom. The summed E-state index contributed by atoms with van der Waals surface area (Å²) in [7, 11) is 0. The Balaban J connectivity index is 2.74. The van der Waals surface area contributed by atoms with Crippen LogP contribution in [0.3, 0.4) is 0 Å². The molecule has 0 heterocycles. The molecule has 0 aliphatic heterocycles. The van der Waals surface area contributed by atoms with E-state index in [0.29, 0.717) is 12.8 Å². The molecule has 0 saturated heterocycles. The molecule has 0 bridgehead atoms. The topological polar surface area (TPSA) is 34.1 Å². The van der Waals surface area contributed by atoms with Gasteiger partial charge in [-0.3, -0.25) is 9.59 Å². The quantitative estimate of drug-likeness (QED) is 0.726. The molecular weight excluding hydrogens is 257 g/mol. The molecule has 1 saturated carbocycles. The molecule has 1 aliphatic carbocycles. The third-order valence-corrected chi connectivity index (χ3v) is 4.36. The van der Waals surface area contributed by atoms with Crippen molar-refractivity contribution >= 4 is 11.6 Å². The highest BCUT2D eigenvalue weighted by Crippen LogP contribution is 2.42. The highest BCUT2D eigenvalue weighted by atomic mass is 19.4. The summed E-state index contributed by atoms with van der Waals surface area (Å²) in [5, 5.41) is 0.